The van der Waals surface area contributed by atoms with Crippen LogP contribution in [0.5, 0.6) is 0 Å². The van der Waals surface area contributed by atoms with Crippen molar-refractivity contribution in [2.24, 2.45) is 0 Å². The standard InChI is InChI=1S/C16H22BrN3/c1-3-5-16-19-8-9-20(16)12-14-7-6-13(10-15(14)17)11-18-4-2/h6-10,18H,3-5,11-12H2,1-2H3. The van der Waals surface area contributed by atoms with Gasteiger partial charge in [0.25, 0.3) is 0 Å². The molecule has 0 fully saturated rings. The third kappa shape index (κ3) is 3.93. The smallest absolute Gasteiger partial charge is 0.108 e. The molecule has 0 bridgehead atoms. The van der Waals surface area contributed by atoms with Crippen molar-refractivity contribution < 1.29 is 0 Å². The zero-order valence-corrected chi connectivity index (χ0v) is 13.8. The van der Waals surface area contributed by atoms with Crippen LogP contribution in [-0.2, 0) is 19.5 Å². The number of benzene rings is 1. The number of rotatable bonds is 7. The molecule has 108 valence electrons. The van der Waals surface area contributed by atoms with E-state index >= 15 is 0 Å². The van der Waals surface area contributed by atoms with Crippen molar-refractivity contribution in [2.75, 3.05) is 6.54 Å². The van der Waals surface area contributed by atoms with Gasteiger partial charge in [-0.25, -0.2) is 4.98 Å². The highest BCUT2D eigenvalue weighted by Crippen LogP contribution is 2.20. The molecule has 2 aromatic rings. The van der Waals surface area contributed by atoms with Gasteiger partial charge in [0.1, 0.15) is 5.82 Å². The molecule has 0 unspecified atom stereocenters. The van der Waals surface area contributed by atoms with Crippen molar-refractivity contribution in [3.63, 3.8) is 0 Å². The second kappa shape index (κ2) is 7.60. The Bertz CT molecular complexity index is 548. The molecule has 1 aromatic carbocycles. The van der Waals surface area contributed by atoms with Gasteiger partial charge in [-0.3, -0.25) is 0 Å². The molecule has 1 aromatic heterocycles. The molecule has 0 aliphatic rings. The first-order chi connectivity index (χ1) is 9.74. The molecule has 2 rings (SSSR count). The maximum Gasteiger partial charge on any atom is 0.108 e. The van der Waals surface area contributed by atoms with Gasteiger partial charge in [-0.15, -0.1) is 0 Å². The predicted molar refractivity (Wildman–Crippen MR) is 86.8 cm³/mol. The van der Waals surface area contributed by atoms with Gasteiger partial charge in [0.05, 0.1) is 0 Å². The molecule has 20 heavy (non-hydrogen) atoms. The average molecular weight is 336 g/mol. The minimum absolute atomic E-state index is 0.872. The number of imidazole rings is 1. The van der Waals surface area contributed by atoms with Crippen LogP contribution < -0.4 is 5.32 Å². The summed E-state index contributed by atoms with van der Waals surface area (Å²) in [7, 11) is 0. The molecular weight excluding hydrogens is 314 g/mol. The number of halogens is 1. The van der Waals surface area contributed by atoms with E-state index in [4.69, 9.17) is 0 Å². The van der Waals surface area contributed by atoms with Crippen molar-refractivity contribution in [2.45, 2.75) is 39.8 Å². The van der Waals surface area contributed by atoms with E-state index in [2.05, 4.69) is 69.0 Å². The Morgan fingerprint density at radius 2 is 2.15 bits per heavy atom. The minimum Gasteiger partial charge on any atom is -0.330 e. The number of nitrogens with zero attached hydrogens (tertiary/aromatic N) is 2. The number of aryl methyl sites for hydroxylation is 1. The van der Waals surface area contributed by atoms with Crippen molar-refractivity contribution in [3.8, 4) is 0 Å². The van der Waals surface area contributed by atoms with Crippen LogP contribution in [0.25, 0.3) is 0 Å². The van der Waals surface area contributed by atoms with Crippen LogP contribution in [0.2, 0.25) is 0 Å². The number of hydrogen-bond acceptors (Lipinski definition) is 2. The molecule has 0 saturated heterocycles. The first kappa shape index (κ1) is 15.3. The Labute approximate surface area is 129 Å². The first-order valence-corrected chi connectivity index (χ1v) is 8.02. The molecule has 3 nitrogen and oxygen atoms in total. The molecule has 0 amide bonds. The lowest BCUT2D eigenvalue weighted by atomic mass is 10.1. The van der Waals surface area contributed by atoms with Crippen molar-refractivity contribution in [3.05, 3.63) is 52.0 Å². The van der Waals surface area contributed by atoms with E-state index in [0.29, 0.717) is 0 Å². The van der Waals surface area contributed by atoms with E-state index in [1.165, 1.54) is 15.6 Å². The Kier molecular flexibility index (Phi) is 5.80. The highest BCUT2D eigenvalue weighted by atomic mass is 79.9. The second-order valence-electron chi connectivity index (χ2n) is 4.93. The van der Waals surface area contributed by atoms with E-state index < -0.39 is 0 Å². The van der Waals surface area contributed by atoms with Crippen LogP contribution in [0, 0.1) is 0 Å². The molecule has 0 aliphatic heterocycles. The summed E-state index contributed by atoms with van der Waals surface area (Å²) in [5.74, 6) is 1.16. The summed E-state index contributed by atoms with van der Waals surface area (Å²) >= 11 is 3.69. The zero-order chi connectivity index (χ0) is 14.4. The maximum atomic E-state index is 4.43. The lowest BCUT2D eigenvalue weighted by molar-refractivity contribution is 0.701. The van der Waals surface area contributed by atoms with Gasteiger partial charge in [-0.05, 0) is 30.2 Å². The van der Waals surface area contributed by atoms with Gasteiger partial charge in [0, 0.05) is 36.4 Å². The van der Waals surface area contributed by atoms with E-state index in [-0.39, 0.29) is 0 Å². The molecule has 1 heterocycles. The average Bonchev–Trinajstić information content (AvgIpc) is 2.87. The van der Waals surface area contributed by atoms with Crippen LogP contribution in [0.3, 0.4) is 0 Å². The molecule has 4 heteroatoms. The first-order valence-electron chi connectivity index (χ1n) is 7.22. The Balaban J connectivity index is 2.11. The van der Waals surface area contributed by atoms with Gasteiger partial charge >= 0.3 is 0 Å². The fourth-order valence-electron chi connectivity index (χ4n) is 2.22. The molecule has 0 saturated carbocycles. The number of nitrogens with one attached hydrogen (secondary N) is 1. The van der Waals surface area contributed by atoms with Crippen molar-refractivity contribution in [1.29, 1.82) is 0 Å². The fourth-order valence-corrected chi connectivity index (χ4v) is 2.77. The van der Waals surface area contributed by atoms with E-state index in [9.17, 15) is 0 Å². The van der Waals surface area contributed by atoms with Crippen LogP contribution >= 0.6 is 15.9 Å². The van der Waals surface area contributed by atoms with Crippen molar-refractivity contribution in [1.82, 2.24) is 14.9 Å². The van der Waals surface area contributed by atoms with Gasteiger partial charge in [-0.2, -0.15) is 0 Å². The molecule has 0 radical (unpaired) electrons. The summed E-state index contributed by atoms with van der Waals surface area (Å²) in [6.45, 7) is 7.09. The Morgan fingerprint density at radius 3 is 2.85 bits per heavy atom. The van der Waals surface area contributed by atoms with Crippen molar-refractivity contribution >= 4 is 15.9 Å². The summed E-state index contributed by atoms with van der Waals surface area (Å²) in [6.07, 6.45) is 6.10. The fraction of sp³-hybridized carbons (Fsp3) is 0.438. The second-order valence-corrected chi connectivity index (χ2v) is 5.78. The monoisotopic (exact) mass is 335 g/mol. The molecular formula is C16H22BrN3. The van der Waals surface area contributed by atoms with Gasteiger partial charge < -0.3 is 9.88 Å². The summed E-state index contributed by atoms with van der Waals surface area (Å²) < 4.78 is 3.40. The molecule has 0 spiro atoms. The number of hydrogen-bond donors (Lipinski definition) is 1. The van der Waals surface area contributed by atoms with Crippen LogP contribution in [0.1, 0.15) is 37.2 Å². The van der Waals surface area contributed by atoms with Crippen LogP contribution in [0.15, 0.2) is 35.1 Å². The lowest BCUT2D eigenvalue weighted by Crippen LogP contribution is -2.12. The van der Waals surface area contributed by atoms with Crippen LogP contribution in [-0.4, -0.2) is 16.1 Å². The summed E-state index contributed by atoms with van der Waals surface area (Å²) in [5, 5.41) is 3.35. The number of aromatic nitrogens is 2. The highest BCUT2D eigenvalue weighted by Gasteiger charge is 2.06. The van der Waals surface area contributed by atoms with Gasteiger partial charge in [-0.1, -0.05) is 41.9 Å². The summed E-state index contributed by atoms with van der Waals surface area (Å²) in [6, 6.07) is 6.60. The largest absolute Gasteiger partial charge is 0.330 e. The normalized spacial score (nSPS) is 10.9. The minimum atomic E-state index is 0.872. The van der Waals surface area contributed by atoms with Crippen LogP contribution in [0.4, 0.5) is 0 Å². The molecule has 0 atom stereocenters. The maximum absolute atomic E-state index is 4.43. The van der Waals surface area contributed by atoms with Gasteiger partial charge in [0.2, 0.25) is 0 Å². The summed E-state index contributed by atoms with van der Waals surface area (Å²) in [5.41, 5.74) is 2.60. The van der Waals surface area contributed by atoms with E-state index in [1.807, 2.05) is 6.20 Å². The topological polar surface area (TPSA) is 29.9 Å². The highest BCUT2D eigenvalue weighted by molar-refractivity contribution is 9.10. The SMILES string of the molecule is CCCc1nccn1Cc1ccc(CNCC)cc1Br. The lowest BCUT2D eigenvalue weighted by Gasteiger charge is -2.11. The molecule has 1 N–H and O–H groups in total. The van der Waals surface area contributed by atoms with E-state index in [1.54, 1.807) is 0 Å². The summed E-state index contributed by atoms with van der Waals surface area (Å²) in [4.78, 5) is 4.43. The van der Waals surface area contributed by atoms with E-state index in [0.717, 1.165) is 38.3 Å². The van der Waals surface area contributed by atoms with Gasteiger partial charge in [0.15, 0.2) is 0 Å². The zero-order valence-electron chi connectivity index (χ0n) is 12.2. The quantitative estimate of drug-likeness (QED) is 0.834. The third-order valence-electron chi connectivity index (χ3n) is 3.31. The Hall–Kier alpha value is -1.13. The Morgan fingerprint density at radius 1 is 1.30 bits per heavy atom. The molecule has 0 aliphatic carbocycles. The third-order valence-corrected chi connectivity index (χ3v) is 4.05. The predicted octanol–water partition coefficient (Wildman–Crippen LogP) is 3.76.